The van der Waals surface area contributed by atoms with Gasteiger partial charge in [0.1, 0.15) is 6.04 Å². The van der Waals surface area contributed by atoms with E-state index >= 15 is 0 Å². The van der Waals surface area contributed by atoms with Crippen molar-refractivity contribution in [2.75, 3.05) is 13.7 Å². The van der Waals surface area contributed by atoms with Gasteiger partial charge in [-0.3, -0.25) is 10.1 Å². The molecule has 0 aliphatic heterocycles. The first-order valence-corrected chi connectivity index (χ1v) is 3.73. The summed E-state index contributed by atoms with van der Waals surface area (Å²) in [7, 11) is 1.48. The summed E-state index contributed by atoms with van der Waals surface area (Å²) in [4.78, 5) is 10.6. The maximum atomic E-state index is 10.6. The van der Waals surface area contributed by atoms with Gasteiger partial charge >= 0.3 is 5.97 Å². The lowest BCUT2D eigenvalue weighted by atomic mass is 10.2. The highest BCUT2D eigenvalue weighted by Gasteiger charge is 2.22. The van der Waals surface area contributed by atoms with Gasteiger partial charge in [0.2, 0.25) is 0 Å². The second-order valence-electron chi connectivity index (χ2n) is 2.45. The van der Waals surface area contributed by atoms with Crippen molar-refractivity contribution in [3.63, 3.8) is 0 Å². The summed E-state index contributed by atoms with van der Waals surface area (Å²) < 4.78 is 4.89. The molecule has 0 heterocycles. The summed E-state index contributed by atoms with van der Waals surface area (Å²) >= 11 is 0. The lowest BCUT2D eigenvalue weighted by molar-refractivity contribution is -0.142. The monoisotopic (exact) mass is 173 g/mol. The Morgan fingerprint density at radius 3 is 2.75 bits per heavy atom. The van der Waals surface area contributed by atoms with Gasteiger partial charge in [0, 0.05) is 13.7 Å². The van der Waals surface area contributed by atoms with E-state index < -0.39 is 12.0 Å². The number of carbonyl (C=O) groups is 1. The van der Waals surface area contributed by atoms with Crippen LogP contribution in [-0.4, -0.2) is 36.9 Å². The van der Waals surface area contributed by atoms with Crippen LogP contribution in [0.15, 0.2) is 12.7 Å². The zero-order valence-electron chi connectivity index (χ0n) is 7.41. The van der Waals surface area contributed by atoms with Crippen LogP contribution >= 0.6 is 0 Å². The molecule has 0 unspecified atom stereocenters. The van der Waals surface area contributed by atoms with Gasteiger partial charge in [-0.1, -0.05) is 6.08 Å². The molecule has 4 nitrogen and oxygen atoms in total. The topological polar surface area (TPSA) is 58.6 Å². The smallest absolute Gasteiger partial charge is 0.323 e. The molecule has 0 rings (SSSR count). The first-order valence-electron chi connectivity index (χ1n) is 3.73. The van der Waals surface area contributed by atoms with Crippen LogP contribution < -0.4 is 5.32 Å². The van der Waals surface area contributed by atoms with Gasteiger partial charge in [-0.15, -0.1) is 6.58 Å². The lowest BCUT2D eigenvalue weighted by Crippen LogP contribution is -2.45. The number of aliphatic carboxylic acids is 1. The van der Waals surface area contributed by atoms with Gasteiger partial charge < -0.3 is 9.84 Å². The highest BCUT2D eigenvalue weighted by atomic mass is 16.5. The van der Waals surface area contributed by atoms with Crippen LogP contribution in [0.5, 0.6) is 0 Å². The van der Waals surface area contributed by atoms with E-state index in [-0.39, 0.29) is 6.10 Å². The number of nitrogens with one attached hydrogen (secondary N) is 1. The quantitative estimate of drug-likeness (QED) is 0.565. The van der Waals surface area contributed by atoms with Crippen LogP contribution in [-0.2, 0) is 9.53 Å². The molecule has 12 heavy (non-hydrogen) atoms. The van der Waals surface area contributed by atoms with Crippen LogP contribution in [0.2, 0.25) is 0 Å². The predicted octanol–water partition coefficient (Wildman–Crippen LogP) is 0.250. The van der Waals surface area contributed by atoms with Crippen molar-refractivity contribution < 1.29 is 14.6 Å². The second-order valence-corrected chi connectivity index (χ2v) is 2.45. The molecule has 0 aliphatic rings. The van der Waals surface area contributed by atoms with E-state index in [1.165, 1.54) is 7.11 Å². The molecule has 0 saturated heterocycles. The molecule has 0 radical (unpaired) electrons. The number of carboxylic acids is 1. The van der Waals surface area contributed by atoms with Crippen LogP contribution in [0.3, 0.4) is 0 Å². The number of carboxylic acid groups (broad SMARTS) is 1. The van der Waals surface area contributed by atoms with Crippen LogP contribution in [0.1, 0.15) is 6.92 Å². The highest BCUT2D eigenvalue weighted by molar-refractivity contribution is 5.74. The Morgan fingerprint density at radius 2 is 2.42 bits per heavy atom. The van der Waals surface area contributed by atoms with Crippen molar-refractivity contribution >= 4 is 5.97 Å². The molecule has 0 saturated carbocycles. The summed E-state index contributed by atoms with van der Waals surface area (Å²) in [6, 6.07) is -0.673. The Hall–Kier alpha value is -0.870. The van der Waals surface area contributed by atoms with E-state index in [2.05, 4.69) is 11.9 Å². The number of rotatable bonds is 6. The summed E-state index contributed by atoms with van der Waals surface area (Å²) in [5.41, 5.74) is 0. The van der Waals surface area contributed by atoms with Crippen LogP contribution in [0.25, 0.3) is 0 Å². The zero-order valence-corrected chi connectivity index (χ0v) is 7.41. The van der Waals surface area contributed by atoms with Gasteiger partial charge in [-0.2, -0.15) is 0 Å². The molecule has 0 amide bonds. The number of ether oxygens (including phenoxy) is 1. The molecule has 0 aliphatic carbocycles. The summed E-state index contributed by atoms with van der Waals surface area (Å²) in [5, 5.41) is 11.5. The van der Waals surface area contributed by atoms with Crippen molar-refractivity contribution in [3.05, 3.63) is 12.7 Å². The number of hydrogen-bond donors (Lipinski definition) is 2. The molecule has 2 atom stereocenters. The molecular formula is C8H15NO3. The Kier molecular flexibility index (Phi) is 5.32. The normalized spacial score (nSPS) is 15.2. The maximum absolute atomic E-state index is 10.6. The number of methoxy groups -OCH3 is 1. The fraction of sp³-hybridized carbons (Fsp3) is 0.625. The molecular weight excluding hydrogens is 158 g/mol. The third-order valence-corrected chi connectivity index (χ3v) is 1.59. The van der Waals surface area contributed by atoms with E-state index in [9.17, 15) is 4.79 Å². The molecule has 70 valence electrons. The van der Waals surface area contributed by atoms with E-state index in [4.69, 9.17) is 9.84 Å². The van der Waals surface area contributed by atoms with E-state index in [1.807, 2.05) is 0 Å². The average molecular weight is 173 g/mol. The minimum Gasteiger partial charge on any atom is -0.480 e. The molecule has 0 aromatic heterocycles. The standard InChI is InChI=1S/C8H15NO3/c1-4-5-9-7(8(10)11)6(2)12-3/h4,6-7,9H,1,5H2,2-3H3,(H,10,11)/t6-,7+/m1/s1. The Balaban J connectivity index is 4.02. The lowest BCUT2D eigenvalue weighted by Gasteiger charge is -2.18. The van der Waals surface area contributed by atoms with Crippen molar-refractivity contribution in [2.24, 2.45) is 0 Å². The minimum absolute atomic E-state index is 0.345. The largest absolute Gasteiger partial charge is 0.480 e. The Morgan fingerprint density at radius 1 is 1.83 bits per heavy atom. The molecule has 2 N–H and O–H groups in total. The summed E-state index contributed by atoms with van der Waals surface area (Å²) in [6.07, 6.45) is 1.26. The Bertz CT molecular complexity index is 158. The van der Waals surface area contributed by atoms with Gasteiger partial charge in [0.15, 0.2) is 0 Å². The molecule has 0 bridgehead atoms. The second kappa shape index (κ2) is 5.74. The van der Waals surface area contributed by atoms with Gasteiger partial charge in [0.05, 0.1) is 6.10 Å². The molecule has 0 fully saturated rings. The molecule has 0 aromatic rings. The fourth-order valence-electron chi connectivity index (χ4n) is 0.800. The van der Waals surface area contributed by atoms with Crippen molar-refractivity contribution in [2.45, 2.75) is 19.1 Å². The maximum Gasteiger partial charge on any atom is 0.323 e. The van der Waals surface area contributed by atoms with Crippen molar-refractivity contribution in [3.8, 4) is 0 Å². The van der Waals surface area contributed by atoms with E-state index in [1.54, 1.807) is 13.0 Å². The molecule has 4 heteroatoms. The first-order chi connectivity index (χ1) is 5.63. The van der Waals surface area contributed by atoms with Crippen LogP contribution in [0.4, 0.5) is 0 Å². The summed E-state index contributed by atoms with van der Waals surface area (Å²) in [5.74, 6) is -0.911. The fourth-order valence-corrected chi connectivity index (χ4v) is 0.800. The minimum atomic E-state index is -0.911. The van der Waals surface area contributed by atoms with Crippen molar-refractivity contribution in [1.82, 2.24) is 5.32 Å². The Labute approximate surface area is 72.2 Å². The SMILES string of the molecule is C=CCN[C@H](C(=O)O)[C@@H](C)OC. The average Bonchev–Trinajstić information content (AvgIpc) is 2.04. The van der Waals surface area contributed by atoms with E-state index in [0.717, 1.165) is 0 Å². The third-order valence-electron chi connectivity index (χ3n) is 1.59. The molecule has 0 spiro atoms. The summed E-state index contributed by atoms with van der Waals surface area (Å²) in [6.45, 7) is 5.65. The van der Waals surface area contributed by atoms with E-state index in [0.29, 0.717) is 6.54 Å². The van der Waals surface area contributed by atoms with Crippen molar-refractivity contribution in [1.29, 1.82) is 0 Å². The van der Waals surface area contributed by atoms with Gasteiger partial charge in [-0.05, 0) is 6.92 Å². The van der Waals surface area contributed by atoms with Gasteiger partial charge in [-0.25, -0.2) is 0 Å². The first kappa shape index (κ1) is 11.1. The predicted molar refractivity (Wildman–Crippen MR) is 46.1 cm³/mol. The highest BCUT2D eigenvalue weighted by Crippen LogP contribution is 1.97. The third kappa shape index (κ3) is 3.50. The zero-order chi connectivity index (χ0) is 9.56. The van der Waals surface area contributed by atoms with Gasteiger partial charge in [0.25, 0.3) is 0 Å². The van der Waals surface area contributed by atoms with Crippen LogP contribution in [0, 0.1) is 0 Å². The number of hydrogen-bond acceptors (Lipinski definition) is 3. The molecule has 0 aromatic carbocycles.